The van der Waals surface area contributed by atoms with Crippen molar-refractivity contribution in [3.8, 4) is 0 Å². The second-order valence-electron chi connectivity index (χ2n) is 4.98. The molecular weight excluding hydrogens is 230 g/mol. The van der Waals surface area contributed by atoms with Gasteiger partial charge in [-0.3, -0.25) is 0 Å². The largest absolute Gasteiger partial charge is 0.381 e. The zero-order valence-corrected chi connectivity index (χ0v) is 11.3. The highest BCUT2D eigenvalue weighted by Crippen LogP contribution is 2.29. The van der Waals surface area contributed by atoms with Crippen molar-refractivity contribution in [3.05, 3.63) is 18.2 Å². The van der Waals surface area contributed by atoms with Crippen molar-refractivity contribution in [1.82, 2.24) is 9.55 Å². The van der Waals surface area contributed by atoms with E-state index >= 15 is 0 Å². The summed E-state index contributed by atoms with van der Waals surface area (Å²) in [6.45, 7) is 1.48. The Morgan fingerprint density at radius 3 is 2.83 bits per heavy atom. The molecule has 0 amide bonds. The second kappa shape index (κ2) is 5.82. The van der Waals surface area contributed by atoms with E-state index in [9.17, 15) is 0 Å². The molecule has 5 heteroatoms. The topological polar surface area (TPSA) is 62.3 Å². The molecular formula is C13H23N3O2. The predicted molar refractivity (Wildman–Crippen MR) is 69.3 cm³/mol. The van der Waals surface area contributed by atoms with Crippen LogP contribution >= 0.6 is 0 Å². The molecule has 18 heavy (non-hydrogen) atoms. The average Bonchev–Trinajstić information content (AvgIpc) is 2.82. The van der Waals surface area contributed by atoms with E-state index in [0.717, 1.165) is 44.7 Å². The molecule has 1 aliphatic heterocycles. The molecule has 1 aromatic rings. The van der Waals surface area contributed by atoms with Crippen LogP contribution in [-0.4, -0.2) is 41.5 Å². The minimum absolute atomic E-state index is 0.0306. The molecule has 0 spiro atoms. The summed E-state index contributed by atoms with van der Waals surface area (Å²) in [4.78, 5) is 4.32. The Balaban J connectivity index is 1.93. The minimum Gasteiger partial charge on any atom is -0.381 e. The van der Waals surface area contributed by atoms with Gasteiger partial charge in [0.05, 0.1) is 5.60 Å². The lowest BCUT2D eigenvalue weighted by Crippen LogP contribution is -2.53. The fourth-order valence-electron chi connectivity index (χ4n) is 2.63. The van der Waals surface area contributed by atoms with Crippen LogP contribution in [0.2, 0.25) is 0 Å². The van der Waals surface area contributed by atoms with Crippen LogP contribution in [0.5, 0.6) is 0 Å². The van der Waals surface area contributed by atoms with Crippen molar-refractivity contribution in [2.24, 2.45) is 12.8 Å². The standard InChI is InChI=1S/C13H23N3O2/c1-16-8-7-15-12(16)4-3-11(14)13(17-2)5-9-18-10-6-13/h7-8,11H,3-6,9-10,14H2,1-2H3. The maximum absolute atomic E-state index is 6.34. The summed E-state index contributed by atoms with van der Waals surface area (Å²) in [5, 5.41) is 0. The Bertz CT molecular complexity index is 372. The lowest BCUT2D eigenvalue weighted by atomic mass is 9.84. The average molecular weight is 253 g/mol. The van der Waals surface area contributed by atoms with Crippen LogP contribution < -0.4 is 5.73 Å². The molecule has 1 aromatic heterocycles. The van der Waals surface area contributed by atoms with Gasteiger partial charge < -0.3 is 19.8 Å². The van der Waals surface area contributed by atoms with E-state index in [1.807, 2.05) is 24.0 Å². The highest BCUT2D eigenvalue weighted by atomic mass is 16.5. The Morgan fingerprint density at radius 2 is 2.28 bits per heavy atom. The van der Waals surface area contributed by atoms with E-state index in [-0.39, 0.29) is 11.6 Å². The monoisotopic (exact) mass is 253 g/mol. The number of ether oxygens (including phenoxy) is 2. The minimum atomic E-state index is -0.219. The van der Waals surface area contributed by atoms with E-state index in [0.29, 0.717) is 0 Å². The summed E-state index contributed by atoms with van der Waals surface area (Å²) in [6.07, 6.45) is 7.31. The number of methoxy groups -OCH3 is 1. The SMILES string of the molecule is COC1(C(N)CCc2nccn2C)CCOCC1. The third-order valence-corrected chi connectivity index (χ3v) is 4.02. The van der Waals surface area contributed by atoms with Crippen LogP contribution in [0.15, 0.2) is 12.4 Å². The number of nitrogens with two attached hydrogens (primary N) is 1. The molecule has 0 bridgehead atoms. The summed E-state index contributed by atoms with van der Waals surface area (Å²) in [5.41, 5.74) is 6.12. The number of imidazole rings is 1. The normalized spacial score (nSPS) is 20.8. The Hall–Kier alpha value is -0.910. The van der Waals surface area contributed by atoms with Crippen LogP contribution in [-0.2, 0) is 22.9 Å². The summed E-state index contributed by atoms with van der Waals surface area (Å²) in [5.74, 6) is 1.07. The first-order chi connectivity index (χ1) is 8.68. The first-order valence-electron chi connectivity index (χ1n) is 6.52. The zero-order valence-electron chi connectivity index (χ0n) is 11.3. The van der Waals surface area contributed by atoms with Gasteiger partial charge in [0.1, 0.15) is 5.82 Å². The van der Waals surface area contributed by atoms with Crippen LogP contribution in [0.25, 0.3) is 0 Å². The molecule has 0 aromatic carbocycles. The summed E-state index contributed by atoms with van der Waals surface area (Å²) in [7, 11) is 3.76. The molecule has 0 aliphatic carbocycles. The number of aryl methyl sites for hydroxylation is 2. The maximum Gasteiger partial charge on any atom is 0.108 e. The van der Waals surface area contributed by atoms with Crippen molar-refractivity contribution >= 4 is 0 Å². The molecule has 2 heterocycles. The molecule has 102 valence electrons. The Morgan fingerprint density at radius 1 is 1.56 bits per heavy atom. The Labute approximate surface area is 108 Å². The van der Waals surface area contributed by atoms with Gasteiger partial charge in [0.2, 0.25) is 0 Å². The van der Waals surface area contributed by atoms with Crippen LogP contribution in [0.4, 0.5) is 0 Å². The van der Waals surface area contributed by atoms with Gasteiger partial charge in [-0.2, -0.15) is 0 Å². The molecule has 1 atom stereocenters. The van der Waals surface area contributed by atoms with Gasteiger partial charge in [0.25, 0.3) is 0 Å². The third-order valence-electron chi connectivity index (χ3n) is 4.02. The van der Waals surface area contributed by atoms with Crippen LogP contribution in [0.3, 0.4) is 0 Å². The predicted octanol–water partition coefficient (Wildman–Crippen LogP) is 0.876. The van der Waals surface area contributed by atoms with Crippen molar-refractivity contribution in [1.29, 1.82) is 0 Å². The van der Waals surface area contributed by atoms with E-state index in [1.165, 1.54) is 0 Å². The molecule has 2 rings (SSSR count). The number of rotatable bonds is 5. The number of nitrogens with zero attached hydrogens (tertiary/aromatic N) is 2. The van der Waals surface area contributed by atoms with Crippen molar-refractivity contribution in [3.63, 3.8) is 0 Å². The molecule has 1 aliphatic rings. The van der Waals surface area contributed by atoms with Crippen molar-refractivity contribution in [2.45, 2.75) is 37.3 Å². The fraction of sp³-hybridized carbons (Fsp3) is 0.769. The van der Waals surface area contributed by atoms with Crippen molar-refractivity contribution < 1.29 is 9.47 Å². The smallest absolute Gasteiger partial charge is 0.108 e. The molecule has 1 saturated heterocycles. The fourth-order valence-corrected chi connectivity index (χ4v) is 2.63. The third kappa shape index (κ3) is 2.74. The van der Waals surface area contributed by atoms with Gasteiger partial charge in [0.15, 0.2) is 0 Å². The molecule has 2 N–H and O–H groups in total. The van der Waals surface area contributed by atoms with E-state index in [2.05, 4.69) is 4.98 Å². The zero-order chi connectivity index (χ0) is 13.0. The summed E-state index contributed by atoms with van der Waals surface area (Å²) in [6, 6.07) is 0.0306. The maximum atomic E-state index is 6.34. The number of hydrogen-bond donors (Lipinski definition) is 1. The second-order valence-corrected chi connectivity index (χ2v) is 4.98. The lowest BCUT2D eigenvalue weighted by Gasteiger charge is -2.40. The molecule has 1 fully saturated rings. The van der Waals surface area contributed by atoms with E-state index < -0.39 is 0 Å². The van der Waals surface area contributed by atoms with Crippen molar-refractivity contribution in [2.75, 3.05) is 20.3 Å². The summed E-state index contributed by atoms with van der Waals surface area (Å²) >= 11 is 0. The highest BCUT2D eigenvalue weighted by Gasteiger charge is 2.38. The van der Waals surface area contributed by atoms with Gasteiger partial charge >= 0.3 is 0 Å². The van der Waals surface area contributed by atoms with Gasteiger partial charge in [-0.1, -0.05) is 0 Å². The van der Waals surface area contributed by atoms with Gasteiger partial charge in [-0.05, 0) is 6.42 Å². The molecule has 5 nitrogen and oxygen atoms in total. The Kier molecular flexibility index (Phi) is 4.37. The van der Waals surface area contributed by atoms with Gasteiger partial charge in [-0.25, -0.2) is 4.98 Å². The van der Waals surface area contributed by atoms with E-state index in [1.54, 1.807) is 7.11 Å². The highest BCUT2D eigenvalue weighted by molar-refractivity contribution is 4.97. The molecule has 0 radical (unpaired) electrons. The first-order valence-corrected chi connectivity index (χ1v) is 6.52. The van der Waals surface area contributed by atoms with Gasteiger partial charge in [0, 0.05) is 65.1 Å². The lowest BCUT2D eigenvalue weighted by molar-refractivity contribution is -0.105. The summed E-state index contributed by atoms with van der Waals surface area (Å²) < 4.78 is 13.1. The van der Waals surface area contributed by atoms with E-state index in [4.69, 9.17) is 15.2 Å². The quantitative estimate of drug-likeness (QED) is 0.846. The van der Waals surface area contributed by atoms with Crippen LogP contribution in [0, 0.1) is 0 Å². The number of hydrogen-bond acceptors (Lipinski definition) is 4. The first kappa shape index (κ1) is 13.5. The van der Waals surface area contributed by atoms with Gasteiger partial charge in [-0.15, -0.1) is 0 Å². The molecule has 0 saturated carbocycles. The molecule has 1 unspecified atom stereocenters. The number of aromatic nitrogens is 2. The van der Waals surface area contributed by atoms with Crippen LogP contribution in [0.1, 0.15) is 25.1 Å².